The summed E-state index contributed by atoms with van der Waals surface area (Å²) in [6.45, 7) is 5.64. The third-order valence-corrected chi connectivity index (χ3v) is 4.32. The average Bonchev–Trinajstić information content (AvgIpc) is 2.44. The van der Waals surface area contributed by atoms with Crippen molar-refractivity contribution < 1.29 is 4.79 Å². The lowest BCUT2D eigenvalue weighted by Crippen LogP contribution is -2.45. The molecule has 1 aliphatic rings. The van der Waals surface area contributed by atoms with Crippen molar-refractivity contribution in [2.75, 3.05) is 18.4 Å². The highest BCUT2D eigenvalue weighted by atomic mass is 32.1. The number of benzene rings is 1. The fourth-order valence-corrected chi connectivity index (χ4v) is 2.75. The summed E-state index contributed by atoms with van der Waals surface area (Å²) in [5.74, 6) is -0.327. The fraction of sp³-hybridized carbons (Fsp3) is 0.467. The molecular weight excluding hydrogens is 270 g/mol. The number of rotatable bonds is 2. The quantitative estimate of drug-likeness (QED) is 0.820. The normalized spacial score (nSPS) is 18.7. The minimum Gasteiger partial charge on any atom is -0.369 e. The number of anilines is 1. The van der Waals surface area contributed by atoms with Crippen LogP contribution in [0.1, 0.15) is 24.0 Å². The van der Waals surface area contributed by atoms with E-state index in [1.807, 2.05) is 17.0 Å². The summed E-state index contributed by atoms with van der Waals surface area (Å²) in [6.07, 6.45) is 1.81. The van der Waals surface area contributed by atoms with Gasteiger partial charge in [0.1, 0.15) is 0 Å². The van der Waals surface area contributed by atoms with Crippen molar-refractivity contribution in [3.63, 3.8) is 0 Å². The van der Waals surface area contributed by atoms with E-state index in [9.17, 15) is 4.79 Å². The molecule has 3 N–H and O–H groups in total. The number of hydrogen-bond acceptors (Lipinski definition) is 2. The molecule has 0 aliphatic carbocycles. The molecule has 5 heteroatoms. The maximum atomic E-state index is 11.3. The van der Waals surface area contributed by atoms with Crippen LogP contribution < -0.4 is 11.1 Å². The third-order valence-electron chi connectivity index (χ3n) is 3.96. The molecule has 108 valence electrons. The summed E-state index contributed by atoms with van der Waals surface area (Å²) in [4.78, 5) is 13.3. The van der Waals surface area contributed by atoms with E-state index in [1.54, 1.807) is 0 Å². The van der Waals surface area contributed by atoms with Crippen LogP contribution in [0.4, 0.5) is 5.69 Å². The highest BCUT2D eigenvalue weighted by molar-refractivity contribution is 7.80. The first-order chi connectivity index (χ1) is 9.49. The number of likely N-dealkylation sites (tertiary alicyclic amines) is 1. The molecule has 1 amide bonds. The Bertz CT molecular complexity index is 530. The number of primary amides is 1. The lowest BCUT2D eigenvalue weighted by Gasteiger charge is -2.33. The Morgan fingerprint density at radius 1 is 1.45 bits per heavy atom. The van der Waals surface area contributed by atoms with Gasteiger partial charge in [-0.05, 0) is 56.1 Å². The topological polar surface area (TPSA) is 58.4 Å². The lowest BCUT2D eigenvalue weighted by atomic mass is 9.98. The largest absolute Gasteiger partial charge is 0.369 e. The molecule has 1 saturated heterocycles. The summed E-state index contributed by atoms with van der Waals surface area (Å²) in [7, 11) is 0. The number of nitrogens with one attached hydrogen (secondary N) is 1. The van der Waals surface area contributed by atoms with Gasteiger partial charge in [-0.25, -0.2) is 0 Å². The van der Waals surface area contributed by atoms with Crippen LogP contribution in [0, 0.1) is 19.8 Å². The van der Waals surface area contributed by atoms with E-state index in [-0.39, 0.29) is 11.8 Å². The minimum atomic E-state index is -0.232. The summed E-state index contributed by atoms with van der Waals surface area (Å²) in [6, 6.07) is 6.10. The Labute approximate surface area is 125 Å². The maximum absolute atomic E-state index is 11.3. The van der Waals surface area contributed by atoms with Crippen LogP contribution in [-0.4, -0.2) is 29.0 Å². The summed E-state index contributed by atoms with van der Waals surface area (Å²) in [5.41, 5.74) is 8.84. The van der Waals surface area contributed by atoms with Gasteiger partial charge >= 0.3 is 0 Å². The number of carbonyl (C=O) groups excluding carboxylic acids is 1. The van der Waals surface area contributed by atoms with E-state index >= 15 is 0 Å². The van der Waals surface area contributed by atoms with E-state index in [0.717, 1.165) is 25.1 Å². The number of hydrogen-bond donors (Lipinski definition) is 2. The molecule has 20 heavy (non-hydrogen) atoms. The second kappa shape index (κ2) is 6.22. The second-order valence-corrected chi connectivity index (χ2v) is 5.75. The van der Waals surface area contributed by atoms with Gasteiger partial charge in [-0.1, -0.05) is 12.1 Å². The Morgan fingerprint density at radius 3 is 2.90 bits per heavy atom. The summed E-state index contributed by atoms with van der Waals surface area (Å²) in [5, 5.41) is 3.96. The van der Waals surface area contributed by atoms with Crippen LogP contribution >= 0.6 is 12.2 Å². The van der Waals surface area contributed by atoms with Crippen LogP contribution in [0.5, 0.6) is 0 Å². The third kappa shape index (κ3) is 3.28. The highest BCUT2D eigenvalue weighted by Gasteiger charge is 2.25. The number of piperidine rings is 1. The number of nitrogens with zero attached hydrogens (tertiary/aromatic N) is 1. The van der Waals surface area contributed by atoms with Crippen molar-refractivity contribution in [2.45, 2.75) is 26.7 Å². The fourth-order valence-electron chi connectivity index (χ4n) is 2.47. The number of thiocarbonyl (C=S) groups is 1. The van der Waals surface area contributed by atoms with Crippen molar-refractivity contribution in [3.05, 3.63) is 29.3 Å². The monoisotopic (exact) mass is 291 g/mol. The molecule has 2 rings (SSSR count). The molecule has 1 unspecified atom stereocenters. The van der Waals surface area contributed by atoms with Gasteiger partial charge in [0.25, 0.3) is 0 Å². The Morgan fingerprint density at radius 2 is 2.20 bits per heavy atom. The maximum Gasteiger partial charge on any atom is 0.222 e. The Hall–Kier alpha value is -1.62. The van der Waals surface area contributed by atoms with Gasteiger partial charge < -0.3 is 16.0 Å². The van der Waals surface area contributed by atoms with Crippen LogP contribution in [-0.2, 0) is 4.79 Å². The van der Waals surface area contributed by atoms with Gasteiger partial charge in [-0.3, -0.25) is 4.79 Å². The van der Waals surface area contributed by atoms with Gasteiger partial charge in [0.15, 0.2) is 5.11 Å². The van der Waals surface area contributed by atoms with E-state index in [2.05, 4.69) is 25.2 Å². The molecule has 0 radical (unpaired) electrons. The zero-order valence-electron chi connectivity index (χ0n) is 12.0. The summed E-state index contributed by atoms with van der Waals surface area (Å²) < 4.78 is 0. The van der Waals surface area contributed by atoms with Crippen molar-refractivity contribution in [2.24, 2.45) is 11.7 Å². The molecule has 1 fully saturated rings. The number of amides is 1. The smallest absolute Gasteiger partial charge is 0.222 e. The molecule has 0 spiro atoms. The van der Waals surface area contributed by atoms with Crippen LogP contribution in [0.15, 0.2) is 18.2 Å². The predicted molar refractivity (Wildman–Crippen MR) is 85.6 cm³/mol. The first kappa shape index (κ1) is 14.8. The Balaban J connectivity index is 2.04. The van der Waals surface area contributed by atoms with E-state index in [4.69, 9.17) is 18.0 Å². The molecule has 1 heterocycles. The standard InChI is InChI=1S/C15H21N3OS/c1-10-5-3-7-13(11(10)2)17-15(20)18-8-4-6-12(9-18)14(16)19/h3,5,7,12H,4,6,8-9H2,1-2H3,(H2,16,19)(H,17,20). The van der Waals surface area contributed by atoms with E-state index in [0.29, 0.717) is 11.7 Å². The van der Waals surface area contributed by atoms with Crippen molar-refractivity contribution in [3.8, 4) is 0 Å². The zero-order valence-corrected chi connectivity index (χ0v) is 12.8. The van der Waals surface area contributed by atoms with Crippen LogP contribution in [0.2, 0.25) is 0 Å². The zero-order chi connectivity index (χ0) is 14.7. The van der Waals surface area contributed by atoms with Crippen LogP contribution in [0.3, 0.4) is 0 Å². The molecule has 0 bridgehead atoms. The molecule has 0 aromatic heterocycles. The minimum absolute atomic E-state index is 0.0953. The van der Waals surface area contributed by atoms with Gasteiger partial charge in [-0.2, -0.15) is 0 Å². The first-order valence-corrected chi connectivity index (χ1v) is 7.31. The van der Waals surface area contributed by atoms with Gasteiger partial charge in [0.05, 0.1) is 5.92 Å². The Kier molecular flexibility index (Phi) is 4.60. The van der Waals surface area contributed by atoms with Crippen molar-refractivity contribution in [1.82, 2.24) is 4.90 Å². The molecule has 1 aliphatic heterocycles. The molecule has 1 atom stereocenters. The molecule has 1 aromatic carbocycles. The van der Waals surface area contributed by atoms with Crippen LogP contribution in [0.25, 0.3) is 0 Å². The highest BCUT2D eigenvalue weighted by Crippen LogP contribution is 2.21. The van der Waals surface area contributed by atoms with Gasteiger partial charge in [-0.15, -0.1) is 0 Å². The summed E-state index contributed by atoms with van der Waals surface area (Å²) >= 11 is 5.46. The van der Waals surface area contributed by atoms with Crippen molar-refractivity contribution >= 4 is 28.9 Å². The SMILES string of the molecule is Cc1cccc(NC(=S)N2CCCC(C(N)=O)C2)c1C. The number of nitrogens with two attached hydrogens (primary N) is 1. The average molecular weight is 291 g/mol. The molecular formula is C15H21N3OS. The van der Waals surface area contributed by atoms with Gasteiger partial charge in [0, 0.05) is 18.8 Å². The molecule has 0 saturated carbocycles. The predicted octanol–water partition coefficient (Wildman–Crippen LogP) is 2.20. The second-order valence-electron chi connectivity index (χ2n) is 5.37. The molecule has 1 aromatic rings. The lowest BCUT2D eigenvalue weighted by molar-refractivity contribution is -0.122. The van der Waals surface area contributed by atoms with E-state index < -0.39 is 0 Å². The number of carbonyl (C=O) groups is 1. The number of aryl methyl sites for hydroxylation is 1. The first-order valence-electron chi connectivity index (χ1n) is 6.90. The van der Waals surface area contributed by atoms with Gasteiger partial charge in [0.2, 0.25) is 5.91 Å². The van der Waals surface area contributed by atoms with E-state index in [1.165, 1.54) is 11.1 Å². The molecule has 4 nitrogen and oxygen atoms in total. The van der Waals surface area contributed by atoms with Crippen molar-refractivity contribution in [1.29, 1.82) is 0 Å².